The van der Waals surface area contributed by atoms with E-state index in [9.17, 15) is 0 Å². The standard InChI is InChI=1S/C29H50.2C28H48.2C27H46.15H2/c1-3-5-6-7-9-25-16-20-28(21-17-25)29-22-18-27(19-23-29)15-14-26-12-10-24(8-4-2)11-13-26;1-3-5-6-7-8-24-15-19-27(20-16-24)28-21-17-26(18-22-28)14-13-25-11-9-23(4-2)10-12-25;1-3-5-6-8-24-15-19-27(20-16-24)28-21-17-26(18-22-28)14-13-25-11-9-23(7-4-2)10-12-25;1-3-5-6-7-23-14-18-26(19-15-23)27-20-16-25(17-21-27)13-12-24-10-8-22(4-2)9-11-24;1-3-5-7-23-14-18-26(19-15-23)27-20-16-25(17-21-27)13-12-24-10-8-22(6-4-2)9-11-24;;;;;;;;;;;;;;;/h4,8,14-15,24-29H,3,5-7,9-13,16-23H2,1-2H3;4,13-14,23-28H,2-3,5-12,15-22H2,1H3;4,7,13-14,23-28H,3,5-6,8-12,15-22H2,1-2H3;4,12-13,22-27H,2-3,5-11,14-21H2,1H3;4,6,12-13,22-27H,3,5,7-11,14-21H2,1-2H3;15*1H/b8-4+,15-14+;14-13+;7-4+,14-13+;13-12+;6-4+,13-12+;;;;;;;;;;;;;;;. The Hall–Kier alpha value is -2.60. The maximum Gasteiger partial charge on any atom is 0 e. The molecular weight excluding hydrogens is 1670 g/mol. The second kappa shape index (κ2) is 70.4. The average molecular weight is 1940 g/mol. The second-order valence-electron chi connectivity index (χ2n) is 52.5. The van der Waals surface area contributed by atoms with E-state index in [1.807, 2.05) is 0 Å². The molecule has 0 heterocycles. The molecule has 0 aromatic carbocycles. The molecule has 0 saturated heterocycles. The smallest absolute Gasteiger partial charge is 0 e. The van der Waals surface area contributed by atoms with E-state index in [2.05, 4.69) is 178 Å². The molecule has 0 aromatic heterocycles. The summed E-state index contributed by atoms with van der Waals surface area (Å²) in [5.41, 5.74) is 0. The van der Waals surface area contributed by atoms with Crippen LogP contribution in [0.2, 0.25) is 0 Å². The number of rotatable bonds is 41. The van der Waals surface area contributed by atoms with Gasteiger partial charge in [0, 0.05) is 21.4 Å². The Morgan fingerprint density at radius 2 is 0.266 bits per heavy atom. The van der Waals surface area contributed by atoms with Crippen LogP contribution in [0.15, 0.2) is 123 Å². The number of unbranched alkanes of at least 4 members (excludes halogenated alkanes) is 11. The minimum Gasteiger partial charge on any atom is -0.103 e. The predicted octanol–water partition coefficient (Wildman–Crippen LogP) is 48.9. The van der Waals surface area contributed by atoms with Crippen molar-refractivity contribution in [3.63, 3.8) is 0 Å². The van der Waals surface area contributed by atoms with Crippen molar-refractivity contribution in [2.45, 2.75) is 575 Å². The van der Waals surface area contributed by atoms with Gasteiger partial charge in [0.1, 0.15) is 0 Å². The third-order valence-electron chi connectivity index (χ3n) is 42.6. The molecule has 0 radical (unpaired) electrons. The summed E-state index contributed by atoms with van der Waals surface area (Å²) in [6.45, 7) is 26.1. The fraction of sp³-hybridized carbons (Fsp3) is 0.856. The highest BCUT2D eigenvalue weighted by Crippen LogP contribution is 2.51. The molecule has 0 bridgehead atoms. The molecule has 0 aromatic rings. The van der Waals surface area contributed by atoms with Crippen molar-refractivity contribution in [1.82, 2.24) is 0 Å². The summed E-state index contributed by atoms with van der Waals surface area (Å²) >= 11 is 0. The molecule has 824 valence electrons. The van der Waals surface area contributed by atoms with E-state index in [-0.39, 0.29) is 21.4 Å². The lowest BCUT2D eigenvalue weighted by molar-refractivity contribution is 0.151. The van der Waals surface area contributed by atoms with E-state index in [1.165, 1.54) is 392 Å². The van der Waals surface area contributed by atoms with Crippen molar-refractivity contribution in [1.29, 1.82) is 0 Å². The molecule has 0 atom stereocenters. The van der Waals surface area contributed by atoms with Gasteiger partial charge in [0.15, 0.2) is 0 Å². The quantitative estimate of drug-likeness (QED) is 0.0423. The normalized spacial score (nSPS) is 37.6. The van der Waals surface area contributed by atoms with Gasteiger partial charge < -0.3 is 0 Å². The molecule has 0 nitrogen and oxygen atoms in total. The van der Waals surface area contributed by atoms with Crippen LogP contribution in [0.25, 0.3) is 0 Å². The van der Waals surface area contributed by atoms with Crippen LogP contribution in [-0.2, 0) is 0 Å². The fourth-order valence-electron chi connectivity index (χ4n) is 32.5. The first-order valence-electron chi connectivity index (χ1n) is 65.0. The van der Waals surface area contributed by atoms with Crippen molar-refractivity contribution >= 4 is 0 Å². The lowest BCUT2D eigenvalue weighted by atomic mass is 9.68. The summed E-state index contributed by atoms with van der Waals surface area (Å²) in [6.07, 6.45) is 164. The first-order chi connectivity index (χ1) is 68.4. The fourth-order valence-corrected chi connectivity index (χ4v) is 32.5. The van der Waals surface area contributed by atoms with Gasteiger partial charge in [-0.3, -0.25) is 0 Å². The lowest BCUT2D eigenvalue weighted by Crippen LogP contribution is -2.25. The van der Waals surface area contributed by atoms with Crippen LogP contribution in [0.3, 0.4) is 0 Å². The van der Waals surface area contributed by atoms with Crippen LogP contribution in [-0.4, -0.2) is 0 Å². The largest absolute Gasteiger partial charge is 0.103 e. The summed E-state index contributed by atoms with van der Waals surface area (Å²) in [4.78, 5) is 0. The summed E-state index contributed by atoms with van der Waals surface area (Å²) in [5, 5.41) is 0. The highest BCUT2D eigenvalue weighted by molar-refractivity contribution is 5.06. The lowest BCUT2D eigenvalue weighted by Gasteiger charge is -2.37. The number of allylic oxidation sites excluding steroid dienone is 18. The third-order valence-corrected chi connectivity index (χ3v) is 42.6. The zero-order valence-electron chi connectivity index (χ0n) is 94.4. The van der Waals surface area contributed by atoms with E-state index < -0.39 is 0 Å². The molecule has 15 aliphatic carbocycles. The van der Waals surface area contributed by atoms with E-state index in [0.29, 0.717) is 0 Å². The Morgan fingerprint density at radius 1 is 0.144 bits per heavy atom. The summed E-state index contributed by atoms with van der Waals surface area (Å²) in [5.74, 6) is 29.1. The van der Waals surface area contributed by atoms with E-state index in [4.69, 9.17) is 0 Å². The highest BCUT2D eigenvalue weighted by atomic mass is 14.4. The Morgan fingerprint density at radius 3 is 0.417 bits per heavy atom. The highest BCUT2D eigenvalue weighted by Gasteiger charge is 2.38. The molecule has 0 unspecified atom stereocenters. The first-order valence-corrected chi connectivity index (χ1v) is 65.0. The number of hydrogen-bond acceptors (Lipinski definition) is 0. The van der Waals surface area contributed by atoms with Gasteiger partial charge in [-0.15, -0.1) is 13.2 Å². The van der Waals surface area contributed by atoms with Crippen molar-refractivity contribution < 1.29 is 21.4 Å². The summed E-state index contributed by atoms with van der Waals surface area (Å²) < 4.78 is 0. The molecule has 0 spiro atoms. The maximum absolute atomic E-state index is 3.98. The molecule has 0 amide bonds. The molecule has 0 N–H and O–H groups in total. The monoisotopic (exact) mass is 1940 g/mol. The van der Waals surface area contributed by atoms with E-state index in [0.717, 1.165) is 178 Å². The van der Waals surface area contributed by atoms with Crippen molar-refractivity contribution in [3.8, 4) is 0 Å². The predicted molar refractivity (Wildman–Crippen MR) is 649 cm³/mol. The van der Waals surface area contributed by atoms with Gasteiger partial charge in [0.2, 0.25) is 0 Å². The van der Waals surface area contributed by atoms with Crippen LogP contribution >= 0.6 is 0 Å². The molecule has 0 aliphatic heterocycles. The minimum absolute atomic E-state index is 0. The van der Waals surface area contributed by atoms with E-state index in [1.54, 1.807) is 128 Å². The zero-order chi connectivity index (χ0) is 97.3. The first kappa shape index (κ1) is 117. The summed E-state index contributed by atoms with van der Waals surface area (Å²) in [7, 11) is 0. The topological polar surface area (TPSA) is 0 Å². The Kier molecular flexibility index (Phi) is 59.1. The van der Waals surface area contributed by atoms with Crippen LogP contribution in [0.5, 0.6) is 0 Å². The van der Waals surface area contributed by atoms with Crippen LogP contribution in [0.4, 0.5) is 0 Å². The van der Waals surface area contributed by atoms with Crippen molar-refractivity contribution in [3.05, 3.63) is 123 Å². The molecule has 15 aliphatic rings. The molecule has 139 heavy (non-hydrogen) atoms. The third kappa shape index (κ3) is 45.0. The van der Waals surface area contributed by atoms with Gasteiger partial charge in [0.25, 0.3) is 0 Å². The van der Waals surface area contributed by atoms with Gasteiger partial charge in [-0.05, 0) is 519 Å². The van der Waals surface area contributed by atoms with Gasteiger partial charge in [-0.2, -0.15) is 0 Å². The molecule has 15 rings (SSSR count). The average Bonchev–Trinajstić information content (AvgIpc) is 0.861. The zero-order valence-corrected chi connectivity index (χ0v) is 94.4. The number of hydrogen-bond donors (Lipinski definition) is 0. The minimum atomic E-state index is 0. The van der Waals surface area contributed by atoms with Gasteiger partial charge >= 0.3 is 0 Å². The molecule has 15 saturated carbocycles. The van der Waals surface area contributed by atoms with Crippen molar-refractivity contribution in [2.75, 3.05) is 0 Å². The van der Waals surface area contributed by atoms with Crippen LogP contribution in [0, 0.1) is 178 Å². The van der Waals surface area contributed by atoms with E-state index >= 15 is 0 Å². The van der Waals surface area contributed by atoms with Gasteiger partial charge in [-0.1, -0.05) is 343 Å². The van der Waals surface area contributed by atoms with Gasteiger partial charge in [0.05, 0.1) is 0 Å². The van der Waals surface area contributed by atoms with Crippen LogP contribution in [0.1, 0.15) is 597 Å². The maximum atomic E-state index is 3.98. The molecule has 15 fully saturated rings. The molecule has 0 heteroatoms. The van der Waals surface area contributed by atoms with Crippen LogP contribution < -0.4 is 0 Å². The Bertz CT molecular complexity index is 3280. The Labute approximate surface area is 891 Å². The second-order valence-corrected chi connectivity index (χ2v) is 52.5. The summed E-state index contributed by atoms with van der Waals surface area (Å²) in [6, 6.07) is 0. The molecular formula is C139H268. The van der Waals surface area contributed by atoms with Gasteiger partial charge in [-0.25, -0.2) is 0 Å². The SMILES string of the molecule is C/C=C/C1CCC(/C=C/C2CCC(C3CCC(CCCC)CC3)CC2)CC1.C/C=C/C1CCC(/C=C/C2CCC(C3CCC(CCCCC)CC3)CC2)CC1.C/C=C/C1CCC(/C=C/C2CCC(C3CCC(CCCCCC)CC3)CC2)CC1.C=CC1CCC(/C=C/C2CCC(C3CCC(CCCCC)CC3)CC2)CC1.C=CC1CCC(/C=C/C2CCC(C3CCC(CCCCCC)CC3)CC2)CC1.[HH].[HH].[HH].[HH].[HH].[HH].[HH].[HH].[HH].[HH].[HH].[HH].[HH].[HH].[HH]. The van der Waals surface area contributed by atoms with Crippen molar-refractivity contribution in [2.24, 2.45) is 178 Å². The Balaban J connectivity index is -0.000000587.